The molecule has 3 N–H and O–H groups in total. The minimum absolute atomic E-state index is 0. The maximum Gasteiger partial charge on any atom is 1.00 e. The molecule has 2 aliphatic rings. The predicted molar refractivity (Wildman–Crippen MR) is 361 cm³/mol. The second-order valence-corrected chi connectivity index (χ2v) is 26.1. The van der Waals surface area contributed by atoms with Crippen LogP contribution in [0, 0.1) is 23.7 Å². The van der Waals surface area contributed by atoms with E-state index < -0.39 is 11.9 Å². The van der Waals surface area contributed by atoms with Gasteiger partial charge in [-0.05, 0) is 127 Å². The molecule has 2 fully saturated rings. The van der Waals surface area contributed by atoms with E-state index in [9.17, 15) is 19.2 Å². The minimum atomic E-state index is -0.664. The zero-order valence-electron chi connectivity index (χ0n) is 57.6. The number of hydrogen-bond donors (Lipinski definition) is 2. The van der Waals surface area contributed by atoms with Crippen LogP contribution in [0.2, 0.25) is 0 Å². The van der Waals surface area contributed by atoms with Crippen molar-refractivity contribution in [1.29, 1.82) is 0 Å². The molecule has 0 aromatic rings. The molecule has 2 aliphatic carbocycles. The number of Topliss-reactive ketones (excluding diaryl/α,β-unsaturated/α-hetero) is 2. The molecule has 84 heavy (non-hydrogen) atoms. The van der Waals surface area contributed by atoms with Crippen LogP contribution in [0.4, 0.5) is 0 Å². The van der Waals surface area contributed by atoms with Crippen molar-refractivity contribution in [3.63, 3.8) is 0 Å². The third-order valence-electron chi connectivity index (χ3n) is 17.5. The zero-order chi connectivity index (χ0) is 60.5. The molecule has 0 aromatic heterocycles. The molecule has 8 heteroatoms. The summed E-state index contributed by atoms with van der Waals surface area (Å²) in [5.74, 6) is 3.65. The number of rotatable bonds is 60. The fourth-order valence-electron chi connectivity index (χ4n) is 11.7. The molecule has 492 valence electrons. The average molecular weight is 1180 g/mol. The summed E-state index contributed by atoms with van der Waals surface area (Å²) in [4.78, 5) is 42.3. The predicted octanol–water partition coefficient (Wildman–Crippen LogP) is 22.4. The second-order valence-electron chi connectivity index (χ2n) is 26.1. The first kappa shape index (κ1) is 88.7. The van der Waals surface area contributed by atoms with Crippen LogP contribution < -0.4 is 18.9 Å². The monoisotopic (exact) mass is 1180 g/mol. The first-order chi connectivity index (χ1) is 40.0. The molecule has 0 aliphatic heterocycles. The normalized spacial score (nSPS) is 15.7. The van der Waals surface area contributed by atoms with Crippen molar-refractivity contribution in [3.05, 3.63) is 24.3 Å². The first-order valence-electron chi connectivity index (χ1n) is 36.7. The summed E-state index contributed by atoms with van der Waals surface area (Å²) >= 11 is 0. The number of hydrogen-bond acceptors (Lipinski definition) is 5. The van der Waals surface area contributed by atoms with Gasteiger partial charge in [0.2, 0.25) is 0 Å². The molecule has 0 heterocycles. The Bertz CT molecular complexity index is 1310. The quantitative estimate of drug-likeness (QED) is 0.0351. The summed E-state index contributed by atoms with van der Waals surface area (Å²) in [6, 6.07) is 0. The Morgan fingerprint density at radius 1 is 0.286 bits per heavy atom. The summed E-state index contributed by atoms with van der Waals surface area (Å²) in [5.41, 5.74) is 0. The van der Waals surface area contributed by atoms with E-state index in [1.165, 1.54) is 308 Å². The summed E-state index contributed by atoms with van der Waals surface area (Å²) < 4.78 is 0. The summed E-state index contributed by atoms with van der Waals surface area (Å²) in [6.45, 7) is 12.5. The van der Waals surface area contributed by atoms with E-state index in [2.05, 4.69) is 52.0 Å². The van der Waals surface area contributed by atoms with Gasteiger partial charge in [0.05, 0.1) is 0 Å². The van der Waals surface area contributed by atoms with Gasteiger partial charge < -0.3 is 25.3 Å². The second kappa shape index (κ2) is 73.8. The molecule has 0 amide bonds. The van der Waals surface area contributed by atoms with Crippen molar-refractivity contribution in [2.75, 3.05) is 0 Å². The Morgan fingerprint density at radius 3 is 0.667 bits per heavy atom. The van der Waals surface area contributed by atoms with E-state index in [-0.39, 0.29) is 24.3 Å². The van der Waals surface area contributed by atoms with Crippen LogP contribution in [0.5, 0.6) is 0 Å². The van der Waals surface area contributed by atoms with Gasteiger partial charge in [-0.2, -0.15) is 0 Å². The molecule has 0 spiro atoms. The van der Waals surface area contributed by atoms with E-state index in [4.69, 9.17) is 10.2 Å². The van der Waals surface area contributed by atoms with Crippen LogP contribution in [0.25, 0.3) is 0 Å². The van der Waals surface area contributed by atoms with Crippen molar-refractivity contribution >= 4 is 23.5 Å². The topological polar surface area (TPSA) is 139 Å². The van der Waals surface area contributed by atoms with Crippen LogP contribution in [0.3, 0.4) is 0 Å². The summed E-state index contributed by atoms with van der Waals surface area (Å²) in [6.07, 6.45) is 83.5. The number of aliphatic carboxylic acids is 2. The van der Waals surface area contributed by atoms with E-state index in [0.717, 1.165) is 75.0 Å². The fourth-order valence-corrected chi connectivity index (χ4v) is 11.7. The number of carboxylic acid groups (broad SMARTS) is 2. The maximum atomic E-state index is 10.8. The van der Waals surface area contributed by atoms with Gasteiger partial charge in [0.15, 0.2) is 0 Å². The Labute approximate surface area is 536 Å². The molecule has 2 rings (SSSR count). The number of carbonyl (C=O) groups excluding carboxylic acids is 2. The van der Waals surface area contributed by atoms with Crippen molar-refractivity contribution in [3.8, 4) is 0 Å². The van der Waals surface area contributed by atoms with Crippen LogP contribution >= 0.6 is 0 Å². The first-order valence-corrected chi connectivity index (χ1v) is 36.7. The van der Waals surface area contributed by atoms with Crippen molar-refractivity contribution in [1.82, 2.24) is 0 Å². The van der Waals surface area contributed by atoms with Crippen LogP contribution in [-0.2, 0) is 19.2 Å². The van der Waals surface area contributed by atoms with Crippen LogP contribution in [0.1, 0.15) is 414 Å². The molecule has 0 aromatic carbocycles. The standard InChI is InChI=1S/C20H38O.C19H36O2.C19H36O.C18H34O2.Li.H2O/c1-3-4-5-6-9-12-15-19-17-20(19)16-13-10-7-8-11-14-18(2)21;1-2-3-4-5-7-10-13-17-16-18(17)14-11-8-6-9-12-15-19(20)21;1-3-4-5-6-7-8-9-10-11-12-13-14-15-16-17-18-19(2)20;1-2-3-4-5-6-7-8-9-10-11-12-13-14-15-16-17-18(19)20;;/h19-20H,3-17H2,1-2H3;17-18H,2-16H2,1H3,(H,20,21);10-11H,3-9,12-18H2,1-2H3;9-10H,2-8,11-17H2,1H3,(H,19,20);;1H2/q;;;;+1;/p-1/b;;11-10-;10-9-;;. The van der Waals surface area contributed by atoms with Gasteiger partial charge in [0.25, 0.3) is 0 Å². The number of allylic oxidation sites excluding steroid dienone is 4. The number of ketones is 2. The maximum absolute atomic E-state index is 10.8. The van der Waals surface area contributed by atoms with Crippen LogP contribution in [0.15, 0.2) is 24.3 Å². The number of carboxylic acids is 2. The Morgan fingerprint density at radius 2 is 0.464 bits per heavy atom. The van der Waals surface area contributed by atoms with Gasteiger partial charge in [-0.15, -0.1) is 0 Å². The Kier molecular flexibility index (Phi) is 78.0. The van der Waals surface area contributed by atoms with Crippen molar-refractivity contribution < 1.29 is 53.7 Å². The summed E-state index contributed by atoms with van der Waals surface area (Å²) in [7, 11) is 0. The summed E-state index contributed by atoms with van der Waals surface area (Å²) in [5, 5.41) is 17.1. The van der Waals surface area contributed by atoms with Gasteiger partial charge in [-0.3, -0.25) is 9.59 Å². The third-order valence-corrected chi connectivity index (χ3v) is 17.5. The molecular weight excluding hydrogens is 1030 g/mol. The van der Waals surface area contributed by atoms with Gasteiger partial charge in [0.1, 0.15) is 11.6 Å². The third kappa shape index (κ3) is 78.3. The molecule has 0 saturated heterocycles. The smallest absolute Gasteiger partial charge is 0.870 e. The molecular formula is C76H145LiO7. The molecule has 2 saturated carbocycles. The van der Waals surface area contributed by atoms with Gasteiger partial charge in [0, 0.05) is 25.7 Å². The SMILES string of the molecule is CCCCCCCC/C=C\CCCCCCCC(=O)O.CCCCCCCC/C=C\CCCCCCCC(C)=O.CCCCCCCCC1CC1CCCCCCCC(=O)O.CCCCCCCCC1CC1CCCCCCCC(C)=O.[Li+].[OH-]. The van der Waals surface area contributed by atoms with E-state index in [1.54, 1.807) is 13.8 Å². The van der Waals surface area contributed by atoms with Crippen molar-refractivity contribution in [2.45, 2.75) is 414 Å². The fraction of sp³-hybridized carbons (Fsp3) is 0.895. The average Bonchev–Trinajstić information content (AvgIpc) is 4.45. The molecule has 4 unspecified atom stereocenters. The van der Waals surface area contributed by atoms with Crippen molar-refractivity contribution in [2.24, 2.45) is 23.7 Å². The number of carbonyl (C=O) groups is 4. The molecule has 0 bridgehead atoms. The Hall–Kier alpha value is -1.68. The van der Waals surface area contributed by atoms with Gasteiger partial charge in [-0.25, -0.2) is 0 Å². The zero-order valence-corrected chi connectivity index (χ0v) is 57.6. The van der Waals surface area contributed by atoms with Gasteiger partial charge >= 0.3 is 30.8 Å². The van der Waals surface area contributed by atoms with E-state index >= 15 is 0 Å². The largest absolute Gasteiger partial charge is 1.00 e. The minimum Gasteiger partial charge on any atom is -0.870 e. The van der Waals surface area contributed by atoms with E-state index in [0.29, 0.717) is 24.4 Å². The molecule has 4 atom stereocenters. The van der Waals surface area contributed by atoms with Crippen LogP contribution in [-0.4, -0.2) is 39.2 Å². The molecule has 7 nitrogen and oxygen atoms in total. The number of unbranched alkanes of at least 4 members (excludes halogenated alkanes) is 40. The van der Waals surface area contributed by atoms with E-state index in [1.807, 2.05) is 0 Å². The Balaban J connectivity index is -0.000000504. The molecule has 0 radical (unpaired) electrons. The van der Waals surface area contributed by atoms with Gasteiger partial charge in [-0.1, -0.05) is 309 Å².